The van der Waals surface area contributed by atoms with Crippen LogP contribution < -0.4 is 10.1 Å². The van der Waals surface area contributed by atoms with Crippen LogP contribution in [0, 0.1) is 6.92 Å². The maximum Gasteiger partial charge on any atom is 0.275 e. The third-order valence-corrected chi connectivity index (χ3v) is 7.46. The van der Waals surface area contributed by atoms with E-state index < -0.39 is 0 Å². The maximum absolute atomic E-state index is 13.4. The van der Waals surface area contributed by atoms with E-state index in [0.29, 0.717) is 24.7 Å². The second kappa shape index (κ2) is 9.19. The van der Waals surface area contributed by atoms with Crippen molar-refractivity contribution >= 4 is 28.1 Å². The average Bonchev–Trinajstić information content (AvgIpc) is 3.46. The number of hydrogen-bond acceptors (Lipinski definition) is 6. The summed E-state index contributed by atoms with van der Waals surface area (Å²) >= 11 is 1.62. The molecule has 8 heteroatoms. The molecule has 2 aromatic heterocycles. The highest BCUT2D eigenvalue weighted by atomic mass is 32.1. The Morgan fingerprint density at radius 1 is 1.15 bits per heavy atom. The minimum Gasteiger partial charge on any atom is -0.497 e. The topological polar surface area (TPSA) is 72.3 Å². The molecular formula is C26H29N5O2S. The number of methoxy groups -OCH3 is 1. The van der Waals surface area contributed by atoms with E-state index in [0.717, 1.165) is 51.7 Å². The van der Waals surface area contributed by atoms with Crippen molar-refractivity contribution in [3.05, 3.63) is 58.6 Å². The SMILES string of the molecule is COc1cccc(-c2nc(-n3nc(C(=O)N4CCNCC4)c4cc(C)ccc43)sc2C(C)C)c1. The van der Waals surface area contributed by atoms with Gasteiger partial charge in [0.1, 0.15) is 5.75 Å². The minimum absolute atomic E-state index is 0.0236. The zero-order valence-electron chi connectivity index (χ0n) is 20.0. The lowest BCUT2D eigenvalue weighted by atomic mass is 10.1. The number of piperazine rings is 1. The number of benzene rings is 2. The molecule has 176 valence electrons. The Balaban J connectivity index is 1.65. The van der Waals surface area contributed by atoms with Crippen molar-refractivity contribution in [1.82, 2.24) is 25.0 Å². The van der Waals surface area contributed by atoms with Gasteiger partial charge in [-0.1, -0.05) is 48.9 Å². The molecule has 0 bridgehead atoms. The van der Waals surface area contributed by atoms with Crippen LogP contribution >= 0.6 is 11.3 Å². The van der Waals surface area contributed by atoms with Crippen molar-refractivity contribution in [3.8, 4) is 22.1 Å². The lowest BCUT2D eigenvalue weighted by Gasteiger charge is -2.26. The van der Waals surface area contributed by atoms with E-state index in [1.54, 1.807) is 18.4 Å². The van der Waals surface area contributed by atoms with Crippen LogP contribution in [0.25, 0.3) is 27.3 Å². The van der Waals surface area contributed by atoms with E-state index in [2.05, 4.69) is 31.3 Å². The molecule has 0 saturated carbocycles. The highest BCUT2D eigenvalue weighted by molar-refractivity contribution is 7.14. The van der Waals surface area contributed by atoms with E-state index in [1.165, 1.54) is 4.88 Å². The summed E-state index contributed by atoms with van der Waals surface area (Å²) in [6, 6.07) is 14.1. The summed E-state index contributed by atoms with van der Waals surface area (Å²) in [5, 5.41) is 9.78. The molecular weight excluding hydrogens is 446 g/mol. The third kappa shape index (κ3) is 4.08. The molecule has 34 heavy (non-hydrogen) atoms. The summed E-state index contributed by atoms with van der Waals surface area (Å²) in [6.45, 7) is 9.36. The molecule has 0 radical (unpaired) electrons. The van der Waals surface area contributed by atoms with Gasteiger partial charge in [0.2, 0.25) is 5.13 Å². The molecule has 1 N–H and O–H groups in total. The number of hydrogen-bond donors (Lipinski definition) is 1. The molecule has 1 saturated heterocycles. The first kappa shape index (κ1) is 22.6. The standard InChI is InChI=1S/C26H29N5O2S/c1-16(2)24-22(18-6-5-7-19(15-18)33-4)28-26(34-24)31-21-9-8-17(3)14-20(21)23(29-31)25(32)30-12-10-27-11-13-30/h5-9,14-16,27H,10-13H2,1-4H3. The molecule has 0 aliphatic carbocycles. The molecule has 4 aromatic rings. The fourth-order valence-electron chi connectivity index (χ4n) is 4.33. The third-order valence-electron chi connectivity index (χ3n) is 6.13. The highest BCUT2D eigenvalue weighted by Crippen LogP contribution is 2.37. The number of thiazole rings is 1. The Hall–Kier alpha value is -3.23. The van der Waals surface area contributed by atoms with Crippen molar-refractivity contribution in [2.75, 3.05) is 33.3 Å². The number of carbonyl (C=O) groups is 1. The average molecular weight is 476 g/mol. The molecule has 0 spiro atoms. The van der Waals surface area contributed by atoms with Gasteiger partial charge in [-0.3, -0.25) is 4.79 Å². The Kier molecular flexibility index (Phi) is 6.10. The van der Waals surface area contributed by atoms with Gasteiger partial charge in [-0.05, 0) is 37.1 Å². The number of aryl methyl sites for hydroxylation is 1. The van der Waals surface area contributed by atoms with Gasteiger partial charge < -0.3 is 15.0 Å². The zero-order chi connectivity index (χ0) is 23.8. The van der Waals surface area contributed by atoms with Crippen LogP contribution in [0.5, 0.6) is 5.75 Å². The molecule has 3 heterocycles. The van der Waals surface area contributed by atoms with Gasteiger partial charge in [-0.2, -0.15) is 5.10 Å². The monoisotopic (exact) mass is 475 g/mol. The second-order valence-electron chi connectivity index (χ2n) is 8.92. The minimum atomic E-state index is -0.0236. The van der Waals surface area contributed by atoms with Gasteiger partial charge in [0.05, 0.1) is 18.3 Å². The highest BCUT2D eigenvalue weighted by Gasteiger charge is 2.26. The zero-order valence-corrected chi connectivity index (χ0v) is 20.8. The Morgan fingerprint density at radius 3 is 2.68 bits per heavy atom. The van der Waals surface area contributed by atoms with Gasteiger partial charge in [0, 0.05) is 42.0 Å². The van der Waals surface area contributed by atoms with E-state index in [1.807, 2.05) is 46.8 Å². The fraction of sp³-hybridized carbons (Fsp3) is 0.346. The van der Waals surface area contributed by atoms with E-state index in [-0.39, 0.29) is 5.91 Å². The number of carbonyl (C=O) groups excluding carboxylic acids is 1. The summed E-state index contributed by atoms with van der Waals surface area (Å²) in [7, 11) is 1.67. The number of ether oxygens (including phenoxy) is 1. The second-order valence-corrected chi connectivity index (χ2v) is 9.93. The van der Waals surface area contributed by atoms with Gasteiger partial charge in [0.15, 0.2) is 5.69 Å². The summed E-state index contributed by atoms with van der Waals surface area (Å²) < 4.78 is 7.27. The largest absolute Gasteiger partial charge is 0.497 e. The summed E-state index contributed by atoms with van der Waals surface area (Å²) in [5.74, 6) is 1.06. The maximum atomic E-state index is 13.4. The number of fused-ring (bicyclic) bond motifs is 1. The van der Waals surface area contributed by atoms with Crippen molar-refractivity contribution in [1.29, 1.82) is 0 Å². The molecule has 0 unspecified atom stereocenters. The van der Waals surface area contributed by atoms with Crippen LogP contribution in [0.15, 0.2) is 42.5 Å². The van der Waals surface area contributed by atoms with E-state index in [9.17, 15) is 4.79 Å². The summed E-state index contributed by atoms with van der Waals surface area (Å²) in [5.41, 5.74) is 4.42. The van der Waals surface area contributed by atoms with Crippen LogP contribution in [0.1, 0.15) is 40.7 Å². The Morgan fingerprint density at radius 2 is 1.94 bits per heavy atom. The predicted octanol–water partition coefficient (Wildman–Crippen LogP) is 4.63. The number of aromatic nitrogens is 3. The number of amides is 1. The van der Waals surface area contributed by atoms with Gasteiger partial charge in [-0.25, -0.2) is 9.67 Å². The number of nitrogens with zero attached hydrogens (tertiary/aromatic N) is 4. The lowest BCUT2D eigenvalue weighted by molar-refractivity contribution is 0.0731. The molecule has 7 nitrogen and oxygen atoms in total. The van der Waals surface area contributed by atoms with E-state index >= 15 is 0 Å². The van der Waals surface area contributed by atoms with Gasteiger partial charge >= 0.3 is 0 Å². The quantitative estimate of drug-likeness (QED) is 0.456. The number of rotatable bonds is 5. The first-order chi connectivity index (χ1) is 16.5. The van der Waals surface area contributed by atoms with Crippen molar-refractivity contribution in [2.24, 2.45) is 0 Å². The van der Waals surface area contributed by atoms with Crippen LogP contribution in [0.3, 0.4) is 0 Å². The first-order valence-electron chi connectivity index (χ1n) is 11.6. The number of nitrogens with one attached hydrogen (secondary N) is 1. The molecule has 1 aliphatic rings. The molecule has 1 fully saturated rings. The molecule has 0 atom stereocenters. The first-order valence-corrected chi connectivity index (χ1v) is 12.4. The van der Waals surface area contributed by atoms with Crippen LogP contribution in [-0.2, 0) is 0 Å². The Bertz CT molecular complexity index is 1350. The molecule has 1 amide bonds. The van der Waals surface area contributed by atoms with E-state index in [4.69, 9.17) is 14.8 Å². The normalized spacial score (nSPS) is 14.2. The predicted molar refractivity (Wildman–Crippen MR) is 136 cm³/mol. The van der Waals surface area contributed by atoms with Crippen LogP contribution in [-0.4, -0.2) is 58.9 Å². The van der Waals surface area contributed by atoms with Gasteiger partial charge in [0.25, 0.3) is 5.91 Å². The van der Waals surface area contributed by atoms with Crippen molar-refractivity contribution < 1.29 is 9.53 Å². The van der Waals surface area contributed by atoms with Crippen LogP contribution in [0.4, 0.5) is 0 Å². The molecule has 5 rings (SSSR count). The molecule has 1 aliphatic heterocycles. The summed E-state index contributed by atoms with van der Waals surface area (Å²) in [4.78, 5) is 21.5. The summed E-state index contributed by atoms with van der Waals surface area (Å²) in [6.07, 6.45) is 0. The molecule has 2 aromatic carbocycles. The smallest absolute Gasteiger partial charge is 0.275 e. The van der Waals surface area contributed by atoms with Crippen molar-refractivity contribution in [3.63, 3.8) is 0 Å². The van der Waals surface area contributed by atoms with Gasteiger partial charge in [-0.15, -0.1) is 0 Å². The Labute approximate surface area is 203 Å². The fourth-order valence-corrected chi connectivity index (χ4v) is 5.39. The van der Waals surface area contributed by atoms with Crippen molar-refractivity contribution in [2.45, 2.75) is 26.7 Å². The lowest BCUT2D eigenvalue weighted by Crippen LogP contribution is -2.46. The van der Waals surface area contributed by atoms with Crippen LogP contribution in [0.2, 0.25) is 0 Å².